The molecule has 1 rings (SSSR count). The highest BCUT2D eigenvalue weighted by molar-refractivity contribution is 6.68. The molecule has 0 heterocycles. The van der Waals surface area contributed by atoms with Gasteiger partial charge in [0.25, 0.3) is 5.91 Å². The minimum atomic E-state index is -1.65. The molecule has 6 heteroatoms. The van der Waals surface area contributed by atoms with Gasteiger partial charge in [-0.3, -0.25) is 10.1 Å². The third-order valence-electron chi connectivity index (χ3n) is 2.46. The summed E-state index contributed by atoms with van der Waals surface area (Å²) in [5.74, 6) is -0.290. The number of rotatable bonds is 3. The largest absolute Gasteiger partial charge is 0.333 e. The summed E-state index contributed by atoms with van der Waals surface area (Å²) in [7, 11) is 0. The van der Waals surface area contributed by atoms with Crippen LogP contribution in [-0.4, -0.2) is 21.4 Å². The van der Waals surface area contributed by atoms with Gasteiger partial charge in [-0.25, -0.2) is 0 Å². The van der Waals surface area contributed by atoms with E-state index in [0.717, 1.165) is 5.56 Å². The summed E-state index contributed by atoms with van der Waals surface area (Å²) >= 11 is 17.8. The van der Waals surface area contributed by atoms with Crippen molar-refractivity contribution in [2.75, 3.05) is 0 Å². The first-order valence-electron chi connectivity index (χ1n) is 6.21. The molecule has 0 spiro atoms. The lowest BCUT2D eigenvalue weighted by Crippen LogP contribution is -2.58. The Morgan fingerprint density at radius 1 is 1.20 bits per heavy atom. The summed E-state index contributed by atoms with van der Waals surface area (Å²) in [6.07, 6.45) is -0.791. The van der Waals surface area contributed by atoms with Gasteiger partial charge in [0.05, 0.1) is 0 Å². The number of aryl methyl sites for hydroxylation is 1. The molecule has 0 unspecified atom stereocenters. The van der Waals surface area contributed by atoms with Crippen LogP contribution in [-0.2, 0) is 0 Å². The molecule has 0 aliphatic rings. The molecule has 20 heavy (non-hydrogen) atoms. The first-order chi connectivity index (χ1) is 8.99. The van der Waals surface area contributed by atoms with Gasteiger partial charge in [-0.1, -0.05) is 52.5 Å². The molecule has 1 aromatic rings. The van der Waals surface area contributed by atoms with Gasteiger partial charge in [0.2, 0.25) is 3.79 Å². The minimum absolute atomic E-state index is 0.290. The molecule has 0 fully saturated rings. The highest BCUT2D eigenvalue weighted by Gasteiger charge is 2.36. The highest BCUT2D eigenvalue weighted by atomic mass is 35.6. The molecule has 0 aliphatic carbocycles. The quantitative estimate of drug-likeness (QED) is 0.650. The average Bonchev–Trinajstić information content (AvgIpc) is 2.25. The molecule has 112 valence electrons. The van der Waals surface area contributed by atoms with Crippen molar-refractivity contribution in [1.29, 1.82) is 0 Å². The Bertz CT molecular complexity index is 478. The number of alkyl halides is 3. The van der Waals surface area contributed by atoms with E-state index in [2.05, 4.69) is 10.6 Å². The lowest BCUT2D eigenvalue weighted by Gasteiger charge is -2.33. The van der Waals surface area contributed by atoms with Crippen LogP contribution in [0.1, 0.15) is 36.7 Å². The molecule has 0 aliphatic heterocycles. The second-order valence-corrected chi connectivity index (χ2v) is 8.08. The molecule has 0 saturated heterocycles. The van der Waals surface area contributed by atoms with Crippen LogP contribution in [0.5, 0.6) is 0 Å². The summed E-state index contributed by atoms with van der Waals surface area (Å²) in [4.78, 5) is 12.2. The molecule has 0 bridgehead atoms. The predicted octanol–water partition coefficient (Wildman–Crippen LogP) is 3.81. The zero-order chi connectivity index (χ0) is 15.6. The van der Waals surface area contributed by atoms with Crippen LogP contribution in [0.15, 0.2) is 24.3 Å². The smallest absolute Gasteiger partial charge is 0.252 e. The van der Waals surface area contributed by atoms with Crippen molar-refractivity contribution in [3.05, 3.63) is 35.4 Å². The van der Waals surface area contributed by atoms with Crippen LogP contribution in [0, 0.1) is 6.92 Å². The summed E-state index contributed by atoms with van der Waals surface area (Å²) in [6.45, 7) is 7.69. The standard InChI is InChI=1S/C14H19Cl3N2O/c1-9-6-5-7-10(8-9)11(20)18-12(14(15,16)17)19-13(2,3)4/h5-8,12,19H,1-4H3,(H,18,20)/t12-/m0/s1. The van der Waals surface area contributed by atoms with Gasteiger partial charge in [0.1, 0.15) is 6.17 Å². The van der Waals surface area contributed by atoms with Gasteiger partial charge < -0.3 is 5.32 Å². The summed E-state index contributed by atoms with van der Waals surface area (Å²) in [6, 6.07) is 7.22. The number of benzene rings is 1. The van der Waals surface area contributed by atoms with Crippen molar-refractivity contribution in [2.45, 2.75) is 43.2 Å². The molecule has 1 atom stereocenters. The fraction of sp³-hybridized carbons (Fsp3) is 0.500. The molecule has 0 aromatic heterocycles. The van der Waals surface area contributed by atoms with Crippen molar-refractivity contribution < 1.29 is 4.79 Å². The second kappa shape index (κ2) is 6.52. The van der Waals surface area contributed by atoms with Gasteiger partial charge in [-0.2, -0.15) is 0 Å². The average molecular weight is 338 g/mol. The fourth-order valence-electron chi connectivity index (χ4n) is 1.63. The minimum Gasteiger partial charge on any atom is -0.333 e. The zero-order valence-electron chi connectivity index (χ0n) is 11.9. The van der Waals surface area contributed by atoms with Crippen LogP contribution in [0.3, 0.4) is 0 Å². The van der Waals surface area contributed by atoms with Crippen LogP contribution < -0.4 is 10.6 Å². The van der Waals surface area contributed by atoms with Gasteiger partial charge in [-0.05, 0) is 39.8 Å². The Morgan fingerprint density at radius 3 is 2.25 bits per heavy atom. The molecule has 1 aromatic carbocycles. The Hall–Kier alpha value is -0.480. The lowest BCUT2D eigenvalue weighted by molar-refractivity contribution is 0.0922. The monoisotopic (exact) mass is 336 g/mol. The van der Waals surface area contributed by atoms with E-state index in [1.165, 1.54) is 0 Å². The Balaban J connectivity index is 2.88. The third kappa shape index (κ3) is 5.88. The van der Waals surface area contributed by atoms with E-state index in [-0.39, 0.29) is 11.4 Å². The number of carbonyl (C=O) groups is 1. The number of nitrogens with one attached hydrogen (secondary N) is 2. The maximum absolute atomic E-state index is 12.2. The van der Waals surface area contributed by atoms with Gasteiger partial charge >= 0.3 is 0 Å². The first kappa shape index (κ1) is 17.6. The van der Waals surface area contributed by atoms with Crippen LogP contribution in [0.25, 0.3) is 0 Å². The van der Waals surface area contributed by atoms with Crippen molar-refractivity contribution in [3.8, 4) is 0 Å². The van der Waals surface area contributed by atoms with Crippen molar-refractivity contribution in [1.82, 2.24) is 10.6 Å². The van der Waals surface area contributed by atoms with E-state index < -0.39 is 9.96 Å². The molecular formula is C14H19Cl3N2O. The normalized spacial score (nSPS) is 13.9. The van der Waals surface area contributed by atoms with Crippen molar-refractivity contribution in [2.24, 2.45) is 0 Å². The lowest BCUT2D eigenvalue weighted by atomic mass is 10.1. The first-order valence-corrected chi connectivity index (χ1v) is 7.34. The molecule has 3 nitrogen and oxygen atoms in total. The highest BCUT2D eigenvalue weighted by Crippen LogP contribution is 2.30. The van der Waals surface area contributed by atoms with Crippen LogP contribution in [0.4, 0.5) is 0 Å². The molecular weight excluding hydrogens is 319 g/mol. The number of halogens is 3. The molecule has 0 saturated carbocycles. The molecule has 1 amide bonds. The van der Waals surface area contributed by atoms with Crippen LogP contribution in [0.2, 0.25) is 0 Å². The Morgan fingerprint density at radius 2 is 1.80 bits per heavy atom. The van der Waals surface area contributed by atoms with E-state index in [0.29, 0.717) is 5.56 Å². The zero-order valence-corrected chi connectivity index (χ0v) is 14.2. The van der Waals surface area contributed by atoms with E-state index in [9.17, 15) is 4.79 Å². The topological polar surface area (TPSA) is 41.1 Å². The van der Waals surface area contributed by atoms with E-state index in [1.807, 2.05) is 39.8 Å². The fourth-order valence-corrected chi connectivity index (χ4v) is 1.96. The van der Waals surface area contributed by atoms with Crippen molar-refractivity contribution in [3.63, 3.8) is 0 Å². The number of amides is 1. The molecule has 0 radical (unpaired) electrons. The Labute approximate surface area is 135 Å². The number of carbonyl (C=O) groups excluding carboxylic acids is 1. The van der Waals surface area contributed by atoms with Gasteiger partial charge in [0.15, 0.2) is 0 Å². The van der Waals surface area contributed by atoms with E-state index >= 15 is 0 Å². The summed E-state index contributed by atoms with van der Waals surface area (Å²) < 4.78 is -1.65. The number of hydrogen-bond acceptors (Lipinski definition) is 2. The number of hydrogen-bond donors (Lipinski definition) is 2. The SMILES string of the molecule is Cc1cccc(C(=O)N[C@@H](NC(C)(C)C)C(Cl)(Cl)Cl)c1. The Kier molecular flexibility index (Phi) is 5.73. The summed E-state index contributed by atoms with van der Waals surface area (Å²) in [5, 5.41) is 5.79. The van der Waals surface area contributed by atoms with Crippen LogP contribution >= 0.6 is 34.8 Å². The third-order valence-corrected chi connectivity index (χ3v) is 3.12. The van der Waals surface area contributed by atoms with E-state index in [4.69, 9.17) is 34.8 Å². The van der Waals surface area contributed by atoms with Crippen molar-refractivity contribution >= 4 is 40.7 Å². The predicted molar refractivity (Wildman–Crippen MR) is 85.6 cm³/mol. The van der Waals surface area contributed by atoms with E-state index in [1.54, 1.807) is 12.1 Å². The van der Waals surface area contributed by atoms with Gasteiger partial charge in [0, 0.05) is 11.1 Å². The molecule has 2 N–H and O–H groups in total. The van der Waals surface area contributed by atoms with Gasteiger partial charge in [-0.15, -0.1) is 0 Å². The second-order valence-electron chi connectivity index (χ2n) is 5.71. The maximum atomic E-state index is 12.2. The summed E-state index contributed by atoms with van der Waals surface area (Å²) in [5.41, 5.74) is 1.21. The maximum Gasteiger partial charge on any atom is 0.252 e.